The first-order chi connectivity index (χ1) is 14.5. The summed E-state index contributed by atoms with van der Waals surface area (Å²) < 4.78 is 2.04. The van der Waals surface area contributed by atoms with E-state index in [9.17, 15) is 9.90 Å². The molecule has 1 heterocycles. The Labute approximate surface area is 178 Å². The van der Waals surface area contributed by atoms with Gasteiger partial charge in [0.1, 0.15) is 5.82 Å². The average molecular weight is 406 g/mol. The van der Waals surface area contributed by atoms with E-state index in [1.807, 2.05) is 41.1 Å². The predicted octanol–water partition coefficient (Wildman–Crippen LogP) is 5.94. The number of benzene rings is 2. The first-order valence-electron chi connectivity index (χ1n) is 10.9. The van der Waals surface area contributed by atoms with Crippen molar-refractivity contribution in [3.8, 4) is 11.1 Å². The van der Waals surface area contributed by atoms with E-state index in [0.29, 0.717) is 18.0 Å². The van der Waals surface area contributed by atoms with Gasteiger partial charge in [-0.15, -0.1) is 0 Å². The molecule has 1 N–H and O–H groups in total. The summed E-state index contributed by atoms with van der Waals surface area (Å²) in [6.07, 6.45) is 5.47. The normalized spacial score (nSPS) is 12.1. The predicted molar refractivity (Wildman–Crippen MR) is 120 cm³/mol. The van der Waals surface area contributed by atoms with Gasteiger partial charge in [0.25, 0.3) is 0 Å². The fourth-order valence-electron chi connectivity index (χ4n) is 3.59. The quantitative estimate of drug-likeness (QED) is 0.424. The zero-order chi connectivity index (χ0) is 21.5. The summed E-state index contributed by atoms with van der Waals surface area (Å²) in [5.74, 6) is 1.43. The van der Waals surface area contributed by atoms with Gasteiger partial charge in [-0.1, -0.05) is 76.1 Å². The Bertz CT molecular complexity index is 976. The van der Waals surface area contributed by atoms with Crippen molar-refractivity contribution in [2.75, 3.05) is 0 Å². The summed E-state index contributed by atoms with van der Waals surface area (Å²) in [4.78, 5) is 16.3. The molecule has 3 rings (SSSR count). The van der Waals surface area contributed by atoms with Crippen molar-refractivity contribution in [3.63, 3.8) is 0 Å². The molecule has 30 heavy (non-hydrogen) atoms. The number of carboxylic acids is 1. The second kappa shape index (κ2) is 10.2. The molecule has 0 saturated carbocycles. The van der Waals surface area contributed by atoms with Crippen LogP contribution >= 0.6 is 0 Å². The van der Waals surface area contributed by atoms with Crippen LogP contribution in [0.1, 0.15) is 79.9 Å². The van der Waals surface area contributed by atoms with E-state index in [1.54, 1.807) is 12.1 Å². The molecule has 0 aliphatic rings. The third-order valence-electron chi connectivity index (χ3n) is 5.56. The SMILES string of the molecule is CCCCCc1nc(C(C)CC)n(Cc2ccc(-c3ccccc3C(=O)O)cc2)n1. The molecule has 1 aromatic heterocycles. The lowest BCUT2D eigenvalue weighted by Crippen LogP contribution is -2.09. The number of hydrogen-bond donors (Lipinski definition) is 1. The summed E-state index contributed by atoms with van der Waals surface area (Å²) in [5, 5.41) is 14.2. The second-order valence-electron chi connectivity index (χ2n) is 7.86. The standard InChI is InChI=1S/C25H31N3O2/c1-4-6-7-12-23-26-24(18(3)5-2)28(27-23)17-19-13-15-20(16-14-19)21-10-8-9-11-22(21)25(29)30/h8-11,13-16,18H,4-7,12,17H2,1-3H3,(H,29,30). The van der Waals surface area contributed by atoms with Crippen LogP contribution in [0.15, 0.2) is 48.5 Å². The Hall–Kier alpha value is -2.95. The van der Waals surface area contributed by atoms with Crippen LogP contribution in [0.4, 0.5) is 0 Å². The largest absolute Gasteiger partial charge is 0.478 e. The van der Waals surface area contributed by atoms with Gasteiger partial charge in [-0.3, -0.25) is 0 Å². The fourth-order valence-corrected chi connectivity index (χ4v) is 3.59. The van der Waals surface area contributed by atoms with Crippen LogP contribution in [0.3, 0.4) is 0 Å². The van der Waals surface area contributed by atoms with Crippen molar-refractivity contribution in [1.29, 1.82) is 0 Å². The van der Waals surface area contributed by atoms with Gasteiger partial charge in [0.05, 0.1) is 12.1 Å². The first-order valence-corrected chi connectivity index (χ1v) is 10.9. The van der Waals surface area contributed by atoms with Crippen molar-refractivity contribution < 1.29 is 9.90 Å². The minimum atomic E-state index is -0.911. The van der Waals surface area contributed by atoms with Gasteiger partial charge in [0.15, 0.2) is 5.82 Å². The van der Waals surface area contributed by atoms with E-state index in [1.165, 1.54) is 12.8 Å². The number of rotatable bonds is 10. The van der Waals surface area contributed by atoms with E-state index >= 15 is 0 Å². The Balaban J connectivity index is 1.82. The number of carbonyl (C=O) groups is 1. The minimum Gasteiger partial charge on any atom is -0.478 e. The average Bonchev–Trinajstić information content (AvgIpc) is 3.16. The summed E-state index contributed by atoms with van der Waals surface area (Å²) in [7, 11) is 0. The lowest BCUT2D eigenvalue weighted by atomic mass is 9.99. The van der Waals surface area contributed by atoms with E-state index < -0.39 is 5.97 Å². The van der Waals surface area contributed by atoms with Crippen molar-refractivity contribution in [2.24, 2.45) is 0 Å². The minimum absolute atomic E-state index is 0.317. The van der Waals surface area contributed by atoms with Gasteiger partial charge in [-0.05, 0) is 35.6 Å². The van der Waals surface area contributed by atoms with E-state index in [0.717, 1.165) is 47.6 Å². The maximum absolute atomic E-state index is 11.5. The first kappa shape index (κ1) is 21.8. The van der Waals surface area contributed by atoms with Crippen LogP contribution in [-0.4, -0.2) is 25.8 Å². The molecule has 0 radical (unpaired) electrons. The van der Waals surface area contributed by atoms with Crippen LogP contribution in [0.2, 0.25) is 0 Å². The smallest absolute Gasteiger partial charge is 0.336 e. The van der Waals surface area contributed by atoms with Gasteiger partial charge in [0, 0.05) is 12.3 Å². The van der Waals surface area contributed by atoms with Crippen molar-refractivity contribution >= 4 is 5.97 Å². The zero-order valence-electron chi connectivity index (χ0n) is 18.1. The van der Waals surface area contributed by atoms with Gasteiger partial charge in [-0.2, -0.15) is 5.10 Å². The highest BCUT2D eigenvalue weighted by Gasteiger charge is 2.16. The maximum Gasteiger partial charge on any atom is 0.336 e. The van der Waals surface area contributed by atoms with Gasteiger partial charge in [0.2, 0.25) is 0 Å². The van der Waals surface area contributed by atoms with Crippen LogP contribution in [0.5, 0.6) is 0 Å². The molecular formula is C25H31N3O2. The van der Waals surface area contributed by atoms with Crippen LogP contribution in [-0.2, 0) is 13.0 Å². The number of aromatic nitrogens is 3. The third kappa shape index (κ3) is 5.15. The van der Waals surface area contributed by atoms with E-state index in [-0.39, 0.29) is 0 Å². The van der Waals surface area contributed by atoms with Gasteiger partial charge in [-0.25, -0.2) is 14.5 Å². The number of aryl methyl sites for hydroxylation is 1. The monoisotopic (exact) mass is 405 g/mol. The number of nitrogens with zero attached hydrogens (tertiary/aromatic N) is 3. The lowest BCUT2D eigenvalue weighted by Gasteiger charge is -2.11. The van der Waals surface area contributed by atoms with Crippen LogP contribution in [0, 0.1) is 0 Å². The molecule has 1 atom stereocenters. The van der Waals surface area contributed by atoms with E-state index in [4.69, 9.17) is 10.1 Å². The molecule has 0 spiro atoms. The summed E-state index contributed by atoms with van der Waals surface area (Å²) in [6.45, 7) is 7.24. The molecule has 0 bridgehead atoms. The summed E-state index contributed by atoms with van der Waals surface area (Å²) in [6, 6.07) is 15.2. The molecule has 158 valence electrons. The zero-order valence-corrected chi connectivity index (χ0v) is 18.1. The highest BCUT2D eigenvalue weighted by Crippen LogP contribution is 2.25. The highest BCUT2D eigenvalue weighted by atomic mass is 16.4. The van der Waals surface area contributed by atoms with Crippen LogP contribution in [0.25, 0.3) is 11.1 Å². The maximum atomic E-state index is 11.5. The third-order valence-corrected chi connectivity index (χ3v) is 5.56. The molecule has 0 amide bonds. The number of carboxylic acid groups (broad SMARTS) is 1. The molecule has 0 aliphatic heterocycles. The molecule has 1 unspecified atom stereocenters. The second-order valence-corrected chi connectivity index (χ2v) is 7.86. The van der Waals surface area contributed by atoms with Crippen molar-refractivity contribution in [2.45, 2.75) is 65.3 Å². The van der Waals surface area contributed by atoms with E-state index in [2.05, 4.69) is 20.8 Å². The number of aromatic carboxylic acids is 1. The molecule has 0 aliphatic carbocycles. The Morgan fingerprint density at radius 2 is 1.80 bits per heavy atom. The molecule has 3 aromatic rings. The number of unbranched alkanes of at least 4 members (excludes halogenated alkanes) is 2. The topological polar surface area (TPSA) is 68.0 Å². The molecule has 2 aromatic carbocycles. The van der Waals surface area contributed by atoms with Gasteiger partial charge < -0.3 is 5.11 Å². The Morgan fingerprint density at radius 1 is 1.07 bits per heavy atom. The Morgan fingerprint density at radius 3 is 2.47 bits per heavy atom. The molecular weight excluding hydrogens is 374 g/mol. The molecule has 5 nitrogen and oxygen atoms in total. The Kier molecular flexibility index (Phi) is 7.39. The van der Waals surface area contributed by atoms with Crippen molar-refractivity contribution in [3.05, 3.63) is 71.3 Å². The van der Waals surface area contributed by atoms with Gasteiger partial charge >= 0.3 is 5.97 Å². The molecule has 5 heteroatoms. The number of hydrogen-bond acceptors (Lipinski definition) is 3. The highest BCUT2D eigenvalue weighted by molar-refractivity contribution is 5.95. The lowest BCUT2D eigenvalue weighted by molar-refractivity contribution is 0.0697. The fraction of sp³-hybridized carbons (Fsp3) is 0.400. The molecule has 0 saturated heterocycles. The van der Waals surface area contributed by atoms with Crippen molar-refractivity contribution in [1.82, 2.24) is 14.8 Å². The summed E-state index contributed by atoms with van der Waals surface area (Å²) >= 11 is 0. The molecule has 0 fully saturated rings. The van der Waals surface area contributed by atoms with Crippen LogP contribution < -0.4 is 0 Å². The summed E-state index contributed by atoms with van der Waals surface area (Å²) in [5.41, 5.74) is 3.08.